The van der Waals surface area contributed by atoms with Crippen LogP contribution in [0, 0.1) is 0 Å². The lowest BCUT2D eigenvalue weighted by Crippen LogP contribution is -2.51. The van der Waals surface area contributed by atoms with E-state index >= 15 is 0 Å². The Morgan fingerprint density at radius 3 is 2.45 bits per heavy atom. The van der Waals surface area contributed by atoms with Gasteiger partial charge in [-0.3, -0.25) is 19.3 Å². The zero-order chi connectivity index (χ0) is 21.0. The predicted molar refractivity (Wildman–Crippen MR) is 108 cm³/mol. The molecule has 2 amide bonds. The van der Waals surface area contributed by atoms with Crippen molar-refractivity contribution in [1.82, 2.24) is 10.2 Å². The zero-order valence-electron chi connectivity index (χ0n) is 17.2. The van der Waals surface area contributed by atoms with Crippen LogP contribution in [0.15, 0.2) is 18.2 Å². The van der Waals surface area contributed by atoms with Crippen LogP contribution in [0.3, 0.4) is 0 Å². The Kier molecular flexibility index (Phi) is 6.74. The number of piperidine rings is 1. The SMILES string of the molecule is CCOC(=O)CN1[C@@H]2CC[C@H]1CC(NC(=O)c1ccc(NC(C)=O)cc1OC)C2. The van der Waals surface area contributed by atoms with E-state index in [0.717, 1.165) is 25.7 Å². The standard InChI is InChI=1S/C21H29N3O5/c1-4-29-20(26)12-24-16-6-7-17(24)10-15(9-16)23-21(27)18-8-5-14(22-13(2)25)11-19(18)28-3/h5,8,11,15-17H,4,6-7,9-10,12H2,1-3H3,(H,22,25)(H,23,27)/t15?,16-,17+. The second kappa shape index (κ2) is 9.26. The van der Waals surface area contributed by atoms with Gasteiger partial charge in [-0.25, -0.2) is 0 Å². The van der Waals surface area contributed by atoms with E-state index in [2.05, 4.69) is 15.5 Å². The minimum atomic E-state index is -0.195. The van der Waals surface area contributed by atoms with Gasteiger partial charge in [0, 0.05) is 36.8 Å². The molecule has 2 fully saturated rings. The van der Waals surface area contributed by atoms with Crippen LogP contribution in [-0.4, -0.2) is 61.1 Å². The Balaban J connectivity index is 1.62. The van der Waals surface area contributed by atoms with Crippen LogP contribution in [0.4, 0.5) is 5.69 Å². The van der Waals surface area contributed by atoms with E-state index in [1.54, 1.807) is 18.2 Å². The number of amides is 2. The average Bonchev–Trinajstić information content (AvgIpc) is 2.89. The van der Waals surface area contributed by atoms with Crippen LogP contribution in [0.25, 0.3) is 0 Å². The third-order valence-electron chi connectivity index (χ3n) is 5.60. The Morgan fingerprint density at radius 2 is 1.86 bits per heavy atom. The quantitative estimate of drug-likeness (QED) is 0.676. The molecular weight excluding hydrogens is 374 g/mol. The minimum Gasteiger partial charge on any atom is -0.496 e. The maximum Gasteiger partial charge on any atom is 0.320 e. The molecule has 1 aromatic rings. The smallest absolute Gasteiger partial charge is 0.320 e. The first-order valence-corrected chi connectivity index (χ1v) is 10.1. The van der Waals surface area contributed by atoms with Gasteiger partial charge < -0.3 is 20.1 Å². The van der Waals surface area contributed by atoms with Crippen molar-refractivity contribution in [3.63, 3.8) is 0 Å². The summed E-state index contributed by atoms with van der Waals surface area (Å²) in [7, 11) is 1.50. The van der Waals surface area contributed by atoms with Crippen LogP contribution in [-0.2, 0) is 14.3 Å². The highest BCUT2D eigenvalue weighted by Gasteiger charge is 2.42. The van der Waals surface area contributed by atoms with Crippen molar-refractivity contribution in [2.24, 2.45) is 0 Å². The summed E-state index contributed by atoms with van der Waals surface area (Å²) in [6.45, 7) is 3.95. The highest BCUT2D eigenvalue weighted by molar-refractivity contribution is 5.98. The second-order valence-electron chi connectivity index (χ2n) is 7.60. The van der Waals surface area contributed by atoms with Crippen molar-refractivity contribution in [3.05, 3.63) is 23.8 Å². The summed E-state index contributed by atoms with van der Waals surface area (Å²) in [5.74, 6) is -0.152. The summed E-state index contributed by atoms with van der Waals surface area (Å²) in [6, 6.07) is 5.61. The van der Waals surface area contributed by atoms with Crippen molar-refractivity contribution < 1.29 is 23.9 Å². The third kappa shape index (κ3) is 5.06. The van der Waals surface area contributed by atoms with Gasteiger partial charge in [0.1, 0.15) is 5.75 Å². The van der Waals surface area contributed by atoms with Crippen molar-refractivity contribution >= 4 is 23.5 Å². The fourth-order valence-electron chi connectivity index (χ4n) is 4.43. The number of carbonyl (C=O) groups excluding carboxylic acids is 3. The van der Waals surface area contributed by atoms with Crippen LogP contribution in [0.1, 0.15) is 49.9 Å². The van der Waals surface area contributed by atoms with E-state index in [4.69, 9.17) is 9.47 Å². The topological polar surface area (TPSA) is 97.0 Å². The molecule has 8 nitrogen and oxygen atoms in total. The summed E-state index contributed by atoms with van der Waals surface area (Å²) < 4.78 is 10.4. The second-order valence-corrected chi connectivity index (χ2v) is 7.60. The fraction of sp³-hybridized carbons (Fsp3) is 0.571. The normalized spacial score (nSPS) is 23.3. The molecule has 0 aromatic heterocycles. The van der Waals surface area contributed by atoms with E-state index in [1.165, 1.54) is 14.0 Å². The molecule has 2 aliphatic rings. The van der Waals surface area contributed by atoms with E-state index in [9.17, 15) is 14.4 Å². The summed E-state index contributed by atoms with van der Waals surface area (Å²) in [4.78, 5) is 38.2. The molecule has 2 saturated heterocycles. The van der Waals surface area contributed by atoms with Crippen LogP contribution >= 0.6 is 0 Å². The number of benzene rings is 1. The Morgan fingerprint density at radius 1 is 1.17 bits per heavy atom. The monoisotopic (exact) mass is 403 g/mol. The number of carbonyl (C=O) groups is 3. The molecule has 3 rings (SSSR count). The maximum atomic E-state index is 12.8. The predicted octanol–water partition coefficient (Wildman–Crippen LogP) is 1.94. The lowest BCUT2D eigenvalue weighted by Gasteiger charge is -2.38. The van der Waals surface area contributed by atoms with Crippen molar-refractivity contribution in [3.8, 4) is 5.75 Å². The Hall–Kier alpha value is -2.61. The number of ether oxygens (including phenoxy) is 2. The highest BCUT2D eigenvalue weighted by Crippen LogP contribution is 2.36. The minimum absolute atomic E-state index is 0.0539. The molecule has 8 heteroatoms. The van der Waals surface area contributed by atoms with Gasteiger partial charge in [-0.1, -0.05) is 0 Å². The van der Waals surface area contributed by atoms with Crippen molar-refractivity contribution in [1.29, 1.82) is 0 Å². The molecule has 0 aliphatic carbocycles. The van der Waals surface area contributed by atoms with E-state index in [1.807, 2.05) is 6.92 Å². The molecule has 2 heterocycles. The summed E-state index contributed by atoms with van der Waals surface area (Å²) >= 11 is 0. The molecule has 0 spiro atoms. The molecule has 0 saturated carbocycles. The third-order valence-corrected chi connectivity index (χ3v) is 5.60. The van der Waals surface area contributed by atoms with Gasteiger partial charge in [0.2, 0.25) is 5.91 Å². The summed E-state index contributed by atoms with van der Waals surface area (Å²) in [5.41, 5.74) is 1.01. The molecule has 158 valence electrons. The zero-order valence-corrected chi connectivity index (χ0v) is 17.2. The van der Waals surface area contributed by atoms with E-state index in [0.29, 0.717) is 30.2 Å². The molecule has 2 aliphatic heterocycles. The number of esters is 1. The number of nitrogens with one attached hydrogen (secondary N) is 2. The highest BCUT2D eigenvalue weighted by atomic mass is 16.5. The summed E-state index contributed by atoms with van der Waals surface area (Å²) in [6.07, 6.45) is 3.69. The van der Waals surface area contributed by atoms with Gasteiger partial charge in [-0.05, 0) is 44.7 Å². The molecule has 2 N–H and O–H groups in total. The first kappa shape index (κ1) is 21.1. The molecule has 0 radical (unpaired) electrons. The number of fused-ring (bicyclic) bond motifs is 2. The van der Waals surface area contributed by atoms with Crippen LogP contribution < -0.4 is 15.4 Å². The molecule has 1 aromatic carbocycles. The molecule has 1 unspecified atom stereocenters. The van der Waals surface area contributed by atoms with Gasteiger partial charge in [0.25, 0.3) is 5.91 Å². The van der Waals surface area contributed by atoms with Crippen LogP contribution in [0.5, 0.6) is 5.75 Å². The molecule has 2 bridgehead atoms. The van der Waals surface area contributed by atoms with E-state index < -0.39 is 0 Å². The largest absolute Gasteiger partial charge is 0.496 e. The van der Waals surface area contributed by atoms with Gasteiger partial charge in [0.05, 0.1) is 25.8 Å². The molecule has 29 heavy (non-hydrogen) atoms. The average molecular weight is 403 g/mol. The number of hydrogen-bond donors (Lipinski definition) is 2. The van der Waals surface area contributed by atoms with Crippen molar-refractivity contribution in [2.75, 3.05) is 25.6 Å². The number of hydrogen-bond acceptors (Lipinski definition) is 6. The molecule has 3 atom stereocenters. The number of nitrogens with zero attached hydrogens (tertiary/aromatic N) is 1. The van der Waals surface area contributed by atoms with E-state index in [-0.39, 0.29) is 35.9 Å². The van der Waals surface area contributed by atoms with Gasteiger partial charge >= 0.3 is 5.97 Å². The first-order valence-electron chi connectivity index (χ1n) is 10.1. The van der Waals surface area contributed by atoms with Crippen LogP contribution in [0.2, 0.25) is 0 Å². The van der Waals surface area contributed by atoms with Crippen molar-refractivity contribution in [2.45, 2.75) is 57.7 Å². The van der Waals surface area contributed by atoms with Gasteiger partial charge in [0.15, 0.2) is 0 Å². The number of methoxy groups -OCH3 is 1. The number of rotatable bonds is 7. The first-order chi connectivity index (χ1) is 13.9. The molecular formula is C21H29N3O5. The lowest BCUT2D eigenvalue weighted by atomic mass is 9.96. The summed E-state index contributed by atoms with van der Waals surface area (Å²) in [5, 5.41) is 5.80. The van der Waals surface area contributed by atoms with Gasteiger partial charge in [-0.2, -0.15) is 0 Å². The number of anilines is 1. The lowest BCUT2D eigenvalue weighted by molar-refractivity contribution is -0.145. The van der Waals surface area contributed by atoms with Gasteiger partial charge in [-0.15, -0.1) is 0 Å². The Labute approximate surface area is 170 Å². The Bertz CT molecular complexity index is 768. The fourth-order valence-corrected chi connectivity index (χ4v) is 4.43. The maximum absolute atomic E-state index is 12.8.